The van der Waals surface area contributed by atoms with E-state index in [9.17, 15) is 40.3 Å². The Bertz CT molecular complexity index is 1700. The van der Waals surface area contributed by atoms with Crippen molar-refractivity contribution < 1.29 is 30.7 Å². The Morgan fingerprint density at radius 1 is 1.07 bits per heavy atom. The quantitative estimate of drug-likeness (QED) is 0.322. The minimum atomic E-state index is -4.88. The lowest BCUT2D eigenvalue weighted by Gasteiger charge is -2.18. The second-order valence-electron chi connectivity index (χ2n) is 9.56. The molecule has 40 heavy (non-hydrogen) atoms. The fourth-order valence-corrected chi connectivity index (χ4v) is 4.72. The van der Waals surface area contributed by atoms with Crippen LogP contribution >= 0.6 is 0 Å². The van der Waals surface area contributed by atoms with E-state index in [-0.39, 0.29) is 35.2 Å². The molecular formula is C25H19F7N6O2. The maximum atomic E-state index is 14.9. The zero-order valence-corrected chi connectivity index (χ0v) is 20.4. The van der Waals surface area contributed by atoms with Crippen LogP contribution in [0.2, 0.25) is 0 Å². The van der Waals surface area contributed by atoms with Gasteiger partial charge in [0.05, 0.1) is 28.4 Å². The van der Waals surface area contributed by atoms with E-state index in [1.54, 1.807) is 18.1 Å². The summed E-state index contributed by atoms with van der Waals surface area (Å²) in [4.78, 5) is 32.0. The Morgan fingerprint density at radius 3 is 2.42 bits per heavy atom. The molecule has 3 atom stereocenters. The van der Waals surface area contributed by atoms with Crippen LogP contribution < -0.4 is 16.4 Å². The van der Waals surface area contributed by atoms with Crippen LogP contribution in [-0.4, -0.2) is 30.8 Å². The van der Waals surface area contributed by atoms with E-state index in [1.165, 1.54) is 16.8 Å². The van der Waals surface area contributed by atoms with Crippen molar-refractivity contribution >= 4 is 16.5 Å². The van der Waals surface area contributed by atoms with Gasteiger partial charge >= 0.3 is 12.4 Å². The maximum Gasteiger partial charge on any atom is 0.423 e. The molecule has 4 aromatic rings. The number of pyridine rings is 1. The molecule has 0 spiro atoms. The number of hydrogen-bond donors (Lipinski definition) is 2. The lowest BCUT2D eigenvalue weighted by atomic mass is 10.1. The zero-order valence-electron chi connectivity index (χ0n) is 20.4. The van der Waals surface area contributed by atoms with Crippen molar-refractivity contribution in [2.75, 3.05) is 5.32 Å². The van der Waals surface area contributed by atoms with Crippen LogP contribution in [-0.2, 0) is 18.9 Å². The number of hydrogen-bond acceptors (Lipinski definition) is 6. The number of benzene rings is 1. The van der Waals surface area contributed by atoms with Crippen LogP contribution in [0.3, 0.4) is 0 Å². The lowest BCUT2D eigenvalue weighted by molar-refractivity contribution is -0.139. The Hall–Kier alpha value is -4.30. The Kier molecular flexibility index (Phi) is 6.62. The molecule has 1 aromatic carbocycles. The summed E-state index contributed by atoms with van der Waals surface area (Å²) < 4.78 is 94.5. The van der Waals surface area contributed by atoms with Crippen molar-refractivity contribution in [1.82, 2.24) is 24.7 Å². The van der Waals surface area contributed by atoms with Crippen molar-refractivity contribution in [3.05, 3.63) is 80.6 Å². The summed E-state index contributed by atoms with van der Waals surface area (Å²) >= 11 is 0. The maximum absolute atomic E-state index is 14.9. The molecular weight excluding hydrogens is 549 g/mol. The average molecular weight is 568 g/mol. The molecule has 2 N–H and O–H groups in total. The average Bonchev–Trinajstić information content (AvgIpc) is 3.64. The summed E-state index contributed by atoms with van der Waals surface area (Å²) in [5.74, 6) is -1.36. The number of aromatic amines is 1. The number of nitrogens with zero attached hydrogens (tertiary/aromatic N) is 4. The third-order valence-electron chi connectivity index (χ3n) is 6.86. The first-order valence-corrected chi connectivity index (χ1v) is 11.9. The second kappa shape index (κ2) is 9.71. The molecule has 3 aromatic heterocycles. The Labute approximate surface area is 219 Å². The van der Waals surface area contributed by atoms with Crippen molar-refractivity contribution in [1.29, 1.82) is 0 Å². The van der Waals surface area contributed by atoms with Crippen LogP contribution in [0.15, 0.2) is 52.6 Å². The predicted octanol–water partition coefficient (Wildman–Crippen LogP) is 4.86. The first-order chi connectivity index (χ1) is 18.7. The lowest BCUT2D eigenvalue weighted by Crippen LogP contribution is -2.28. The third kappa shape index (κ3) is 5.27. The van der Waals surface area contributed by atoms with Gasteiger partial charge in [-0.1, -0.05) is 0 Å². The number of anilines is 1. The highest BCUT2D eigenvalue weighted by Gasteiger charge is 2.43. The van der Waals surface area contributed by atoms with Crippen molar-refractivity contribution in [2.45, 2.75) is 38.3 Å². The van der Waals surface area contributed by atoms with Gasteiger partial charge in [-0.05, 0) is 48.8 Å². The van der Waals surface area contributed by atoms with Crippen LogP contribution in [0.25, 0.3) is 22.2 Å². The molecule has 0 radical (unpaired) electrons. The van der Waals surface area contributed by atoms with Crippen LogP contribution in [0, 0.1) is 17.7 Å². The first-order valence-electron chi connectivity index (χ1n) is 11.9. The van der Waals surface area contributed by atoms with E-state index in [4.69, 9.17) is 0 Å². The Morgan fingerprint density at radius 2 is 1.77 bits per heavy atom. The summed E-state index contributed by atoms with van der Waals surface area (Å²) in [6.45, 7) is 1.88. The van der Waals surface area contributed by atoms with E-state index in [0.29, 0.717) is 24.2 Å². The molecule has 3 heterocycles. The fourth-order valence-electron chi connectivity index (χ4n) is 4.72. The molecule has 0 saturated heterocycles. The second-order valence-corrected chi connectivity index (χ2v) is 9.56. The van der Waals surface area contributed by atoms with Crippen LogP contribution in [0.4, 0.5) is 36.4 Å². The molecule has 210 valence electrons. The molecule has 1 aliphatic rings. The minimum Gasteiger partial charge on any atom is -0.380 e. The molecule has 1 saturated carbocycles. The van der Waals surface area contributed by atoms with Gasteiger partial charge in [0, 0.05) is 31.2 Å². The fraction of sp³-hybridized carbons (Fsp3) is 0.320. The topological polar surface area (TPSA) is 106 Å². The number of H-pyrrole nitrogens is 1. The molecule has 1 fully saturated rings. The number of alkyl halides is 6. The smallest absolute Gasteiger partial charge is 0.380 e. The predicted molar refractivity (Wildman–Crippen MR) is 129 cm³/mol. The van der Waals surface area contributed by atoms with Crippen molar-refractivity contribution in [3.8, 4) is 11.4 Å². The van der Waals surface area contributed by atoms with Gasteiger partial charge in [-0.25, -0.2) is 19.5 Å². The molecule has 1 aliphatic carbocycles. The van der Waals surface area contributed by atoms with Crippen molar-refractivity contribution in [2.24, 2.45) is 11.8 Å². The molecule has 15 heteroatoms. The monoisotopic (exact) mass is 568 g/mol. The number of aromatic nitrogens is 5. The highest BCUT2D eigenvalue weighted by molar-refractivity contribution is 5.86. The van der Waals surface area contributed by atoms with Gasteiger partial charge in [-0.2, -0.15) is 31.4 Å². The minimum absolute atomic E-state index is 0.0310. The van der Waals surface area contributed by atoms with E-state index < -0.39 is 52.1 Å². The molecule has 0 bridgehead atoms. The highest BCUT2D eigenvalue weighted by atomic mass is 19.4. The van der Waals surface area contributed by atoms with Gasteiger partial charge < -0.3 is 9.88 Å². The standard InChI is InChI=1S/C25H19F7N6O2/c1-11(36-19-9-35-37-22(39)20(19)25(30,31)32)15-5-13(15)10-38-3-2-12-4-17(18(26)6-16(12)23(38)40)21-33-7-14(8-34-21)24(27,28)29/h2-4,6-9,11,13,15H,5,10H2,1H3,(H2,36,37,39)/t11-,13-,15-/m0/s1. The number of fused-ring (bicyclic) bond motifs is 1. The normalized spacial score (nSPS) is 18.1. The number of halogens is 7. The van der Waals surface area contributed by atoms with Crippen LogP contribution in [0.5, 0.6) is 0 Å². The van der Waals surface area contributed by atoms with Gasteiger partial charge in [-0.3, -0.25) is 9.59 Å². The van der Waals surface area contributed by atoms with Gasteiger partial charge in [0.15, 0.2) is 5.82 Å². The van der Waals surface area contributed by atoms with Gasteiger partial charge in [-0.15, -0.1) is 0 Å². The first kappa shape index (κ1) is 27.3. The van der Waals surface area contributed by atoms with Gasteiger partial charge in [0.1, 0.15) is 11.4 Å². The number of rotatable bonds is 6. The molecule has 5 rings (SSSR count). The highest BCUT2D eigenvalue weighted by Crippen LogP contribution is 2.44. The van der Waals surface area contributed by atoms with E-state index >= 15 is 0 Å². The summed E-state index contributed by atoms with van der Waals surface area (Å²) in [6, 6.07) is 3.31. The summed E-state index contributed by atoms with van der Waals surface area (Å²) in [7, 11) is 0. The van der Waals surface area contributed by atoms with E-state index in [2.05, 4.69) is 20.4 Å². The molecule has 0 aliphatic heterocycles. The van der Waals surface area contributed by atoms with E-state index in [1.807, 2.05) is 0 Å². The van der Waals surface area contributed by atoms with Crippen molar-refractivity contribution in [3.63, 3.8) is 0 Å². The molecule has 8 nitrogen and oxygen atoms in total. The molecule has 0 amide bonds. The summed E-state index contributed by atoms with van der Waals surface area (Å²) in [6.07, 6.45) is -5.47. The summed E-state index contributed by atoms with van der Waals surface area (Å²) in [5.41, 5.74) is -4.95. The molecule has 0 unspecified atom stereocenters. The van der Waals surface area contributed by atoms with Crippen LogP contribution in [0.1, 0.15) is 24.5 Å². The third-order valence-corrected chi connectivity index (χ3v) is 6.86. The van der Waals surface area contributed by atoms with Gasteiger partial charge in [0.25, 0.3) is 11.1 Å². The number of nitrogens with one attached hydrogen (secondary N) is 2. The van der Waals surface area contributed by atoms with E-state index in [0.717, 1.165) is 12.3 Å². The largest absolute Gasteiger partial charge is 0.423 e. The SMILES string of the molecule is C[C@H](Nc1cn[nH]c(=O)c1C(F)(F)F)[C@@H]1C[C@H]1Cn1ccc2cc(-c3ncc(C(F)(F)F)cn3)c(F)cc2c1=O. The summed E-state index contributed by atoms with van der Waals surface area (Å²) in [5, 5.41) is 8.27. The Balaban J connectivity index is 1.33. The zero-order chi connectivity index (χ0) is 29.0. The van der Waals surface area contributed by atoms with Gasteiger partial charge in [0.2, 0.25) is 0 Å².